The van der Waals surface area contributed by atoms with E-state index in [0.29, 0.717) is 17.9 Å². The predicted octanol–water partition coefficient (Wildman–Crippen LogP) is 3.71. The van der Waals surface area contributed by atoms with E-state index in [0.717, 1.165) is 12.2 Å². The van der Waals surface area contributed by atoms with Crippen molar-refractivity contribution in [2.24, 2.45) is 0 Å². The lowest BCUT2D eigenvalue weighted by atomic mass is 10.1. The monoisotopic (exact) mass is 283 g/mol. The van der Waals surface area contributed by atoms with Gasteiger partial charge in [0.25, 0.3) is 0 Å². The third kappa shape index (κ3) is 3.85. The molecule has 2 aromatic rings. The van der Waals surface area contributed by atoms with Gasteiger partial charge in [-0.15, -0.1) is 0 Å². The first-order valence-electron chi connectivity index (χ1n) is 7.13. The van der Waals surface area contributed by atoms with E-state index in [9.17, 15) is 4.79 Å². The molecular weight excluding hydrogens is 262 g/mol. The van der Waals surface area contributed by atoms with Gasteiger partial charge in [-0.2, -0.15) is 0 Å². The summed E-state index contributed by atoms with van der Waals surface area (Å²) >= 11 is 0. The normalized spacial score (nSPS) is 10.2. The zero-order chi connectivity index (χ0) is 15.2. The van der Waals surface area contributed by atoms with Crippen molar-refractivity contribution in [2.45, 2.75) is 13.8 Å². The Morgan fingerprint density at radius 3 is 2.48 bits per heavy atom. The lowest BCUT2D eigenvalue weighted by molar-refractivity contribution is 0.0999. The van der Waals surface area contributed by atoms with E-state index in [1.165, 1.54) is 5.56 Å². The number of hydrogen-bond donors (Lipinski definition) is 0. The van der Waals surface area contributed by atoms with Crippen molar-refractivity contribution in [1.29, 1.82) is 0 Å². The summed E-state index contributed by atoms with van der Waals surface area (Å²) in [5.74, 6) is 0.801. The Bertz CT molecular complexity index is 605. The molecule has 0 N–H and O–H groups in total. The van der Waals surface area contributed by atoms with Gasteiger partial charge < -0.3 is 9.64 Å². The Morgan fingerprint density at radius 2 is 1.86 bits per heavy atom. The SMILES string of the molecule is CCN(CC(=O)c1cccc(OC)c1)c1ccc(C)cc1. The largest absolute Gasteiger partial charge is 0.497 e. The molecule has 0 saturated carbocycles. The van der Waals surface area contributed by atoms with E-state index in [1.54, 1.807) is 13.2 Å². The quantitative estimate of drug-likeness (QED) is 0.757. The minimum absolute atomic E-state index is 0.0938. The smallest absolute Gasteiger partial charge is 0.182 e. The first-order valence-corrected chi connectivity index (χ1v) is 7.13. The summed E-state index contributed by atoms with van der Waals surface area (Å²) in [6.45, 7) is 5.27. The lowest BCUT2D eigenvalue weighted by Gasteiger charge is -2.22. The van der Waals surface area contributed by atoms with Crippen molar-refractivity contribution >= 4 is 11.5 Å². The second-order valence-corrected chi connectivity index (χ2v) is 5.00. The van der Waals surface area contributed by atoms with Crippen LogP contribution in [0.2, 0.25) is 0 Å². The Hall–Kier alpha value is -2.29. The topological polar surface area (TPSA) is 29.5 Å². The number of ether oxygens (including phenoxy) is 1. The molecule has 0 bridgehead atoms. The van der Waals surface area contributed by atoms with Crippen LogP contribution in [0.25, 0.3) is 0 Å². The molecule has 2 rings (SSSR count). The molecule has 3 heteroatoms. The first-order chi connectivity index (χ1) is 10.1. The number of nitrogens with zero attached hydrogens (tertiary/aromatic N) is 1. The third-order valence-corrected chi connectivity index (χ3v) is 3.51. The van der Waals surface area contributed by atoms with Crippen LogP contribution in [-0.2, 0) is 0 Å². The Balaban J connectivity index is 2.14. The van der Waals surface area contributed by atoms with E-state index in [4.69, 9.17) is 4.74 Å². The molecule has 110 valence electrons. The van der Waals surface area contributed by atoms with E-state index in [1.807, 2.05) is 18.2 Å². The molecular formula is C18H21NO2. The molecule has 0 saturated heterocycles. The number of benzene rings is 2. The molecule has 0 aromatic heterocycles. The van der Waals surface area contributed by atoms with Gasteiger partial charge in [0.1, 0.15) is 5.75 Å². The third-order valence-electron chi connectivity index (χ3n) is 3.51. The maximum atomic E-state index is 12.4. The molecule has 3 nitrogen and oxygen atoms in total. The number of anilines is 1. The number of carbonyl (C=O) groups is 1. The second kappa shape index (κ2) is 6.93. The summed E-state index contributed by atoms with van der Waals surface area (Å²) in [7, 11) is 1.61. The zero-order valence-corrected chi connectivity index (χ0v) is 12.8. The number of rotatable bonds is 6. The van der Waals surface area contributed by atoms with Crippen LogP contribution in [0.5, 0.6) is 5.75 Å². The van der Waals surface area contributed by atoms with Crippen molar-refractivity contribution in [3.8, 4) is 5.75 Å². The number of likely N-dealkylation sites (N-methyl/N-ethyl adjacent to an activating group) is 1. The first kappa shape index (κ1) is 15.1. The Morgan fingerprint density at radius 1 is 1.14 bits per heavy atom. The van der Waals surface area contributed by atoms with Crippen LogP contribution < -0.4 is 9.64 Å². The van der Waals surface area contributed by atoms with Crippen LogP contribution in [0, 0.1) is 6.92 Å². The van der Waals surface area contributed by atoms with Crippen molar-refractivity contribution in [3.05, 3.63) is 59.7 Å². The molecule has 0 unspecified atom stereocenters. The fourth-order valence-electron chi connectivity index (χ4n) is 2.20. The molecule has 0 aliphatic carbocycles. The van der Waals surface area contributed by atoms with Crippen molar-refractivity contribution < 1.29 is 9.53 Å². The molecule has 0 radical (unpaired) electrons. The van der Waals surface area contributed by atoms with Gasteiger partial charge >= 0.3 is 0 Å². The molecule has 21 heavy (non-hydrogen) atoms. The summed E-state index contributed by atoms with van der Waals surface area (Å²) in [5, 5.41) is 0. The van der Waals surface area contributed by atoms with Crippen molar-refractivity contribution in [3.63, 3.8) is 0 Å². The van der Waals surface area contributed by atoms with E-state index in [2.05, 4.69) is 43.0 Å². The van der Waals surface area contributed by atoms with Crippen molar-refractivity contribution in [1.82, 2.24) is 0 Å². The van der Waals surface area contributed by atoms with Gasteiger partial charge in [0.15, 0.2) is 5.78 Å². The number of aryl methyl sites for hydroxylation is 1. The standard InChI is InChI=1S/C18H21NO2/c1-4-19(16-10-8-14(2)9-11-16)13-18(20)15-6-5-7-17(12-15)21-3/h5-12H,4,13H2,1-3H3. The van der Waals surface area contributed by atoms with E-state index < -0.39 is 0 Å². The van der Waals surface area contributed by atoms with Crippen LogP contribution in [0.4, 0.5) is 5.69 Å². The summed E-state index contributed by atoms with van der Waals surface area (Å²) < 4.78 is 5.17. The highest BCUT2D eigenvalue weighted by atomic mass is 16.5. The van der Waals surface area contributed by atoms with Gasteiger partial charge in [-0.3, -0.25) is 4.79 Å². The molecule has 0 heterocycles. The van der Waals surface area contributed by atoms with Gasteiger partial charge in [0.05, 0.1) is 13.7 Å². The highest BCUT2D eigenvalue weighted by Gasteiger charge is 2.12. The molecule has 0 spiro atoms. The molecule has 2 aromatic carbocycles. The van der Waals surface area contributed by atoms with Crippen LogP contribution in [-0.4, -0.2) is 26.0 Å². The summed E-state index contributed by atoms with van der Waals surface area (Å²) in [6.07, 6.45) is 0. The fourth-order valence-corrected chi connectivity index (χ4v) is 2.20. The van der Waals surface area contributed by atoms with Gasteiger partial charge in [0.2, 0.25) is 0 Å². The summed E-state index contributed by atoms with van der Waals surface area (Å²) in [4.78, 5) is 14.5. The fraction of sp³-hybridized carbons (Fsp3) is 0.278. The van der Waals surface area contributed by atoms with E-state index in [-0.39, 0.29) is 5.78 Å². The molecule has 0 amide bonds. The van der Waals surface area contributed by atoms with Crippen LogP contribution in [0.15, 0.2) is 48.5 Å². The number of hydrogen-bond acceptors (Lipinski definition) is 3. The number of carbonyl (C=O) groups excluding carboxylic acids is 1. The number of methoxy groups -OCH3 is 1. The molecule has 0 fully saturated rings. The van der Waals surface area contributed by atoms with Crippen LogP contribution in [0.1, 0.15) is 22.8 Å². The minimum Gasteiger partial charge on any atom is -0.497 e. The average Bonchev–Trinajstić information content (AvgIpc) is 2.53. The van der Waals surface area contributed by atoms with Gasteiger partial charge in [-0.1, -0.05) is 29.8 Å². The predicted molar refractivity (Wildman–Crippen MR) is 86.4 cm³/mol. The second-order valence-electron chi connectivity index (χ2n) is 5.00. The highest BCUT2D eigenvalue weighted by molar-refractivity contribution is 5.99. The molecule has 0 aliphatic rings. The maximum Gasteiger partial charge on any atom is 0.182 e. The van der Waals surface area contributed by atoms with Gasteiger partial charge in [0, 0.05) is 17.8 Å². The molecule has 0 aliphatic heterocycles. The Kier molecular flexibility index (Phi) is 4.99. The lowest BCUT2D eigenvalue weighted by Crippen LogP contribution is -2.29. The number of Topliss-reactive ketones (excluding diaryl/α,β-unsaturated/α-hetero) is 1. The summed E-state index contributed by atoms with van der Waals surface area (Å²) in [5.41, 5.74) is 2.97. The highest BCUT2D eigenvalue weighted by Crippen LogP contribution is 2.17. The van der Waals surface area contributed by atoms with Crippen LogP contribution >= 0.6 is 0 Å². The van der Waals surface area contributed by atoms with Crippen molar-refractivity contribution in [2.75, 3.05) is 25.1 Å². The van der Waals surface area contributed by atoms with Crippen LogP contribution in [0.3, 0.4) is 0 Å². The Labute approximate surface area is 126 Å². The summed E-state index contributed by atoms with van der Waals surface area (Å²) in [6, 6.07) is 15.5. The maximum absolute atomic E-state index is 12.4. The molecule has 0 atom stereocenters. The minimum atomic E-state index is 0.0938. The zero-order valence-electron chi connectivity index (χ0n) is 12.8. The van der Waals surface area contributed by atoms with E-state index >= 15 is 0 Å². The number of ketones is 1. The van der Waals surface area contributed by atoms with Gasteiger partial charge in [-0.05, 0) is 38.1 Å². The van der Waals surface area contributed by atoms with Gasteiger partial charge in [-0.25, -0.2) is 0 Å². The average molecular weight is 283 g/mol.